The fourth-order valence-corrected chi connectivity index (χ4v) is 2.75. The van der Waals surface area contributed by atoms with E-state index in [9.17, 15) is 4.79 Å². The van der Waals surface area contributed by atoms with Crippen molar-refractivity contribution in [1.82, 2.24) is 9.80 Å². The van der Waals surface area contributed by atoms with Gasteiger partial charge < -0.3 is 9.15 Å². The van der Waals surface area contributed by atoms with Crippen LogP contribution in [0.15, 0.2) is 16.5 Å². The van der Waals surface area contributed by atoms with Crippen molar-refractivity contribution in [2.75, 3.05) is 33.3 Å². The van der Waals surface area contributed by atoms with Crippen molar-refractivity contribution in [2.45, 2.75) is 39.3 Å². The van der Waals surface area contributed by atoms with Crippen LogP contribution in [-0.4, -0.2) is 54.6 Å². The predicted molar refractivity (Wildman–Crippen MR) is 81.4 cm³/mol. The lowest BCUT2D eigenvalue weighted by molar-refractivity contribution is 0.0395. The summed E-state index contributed by atoms with van der Waals surface area (Å²) in [7, 11) is 1.36. The first-order valence-corrected chi connectivity index (χ1v) is 7.50. The lowest BCUT2D eigenvalue weighted by Gasteiger charge is -2.43. The fraction of sp³-hybridized carbons (Fsp3) is 0.688. The Hall–Kier alpha value is -1.33. The zero-order valence-corrected chi connectivity index (χ0v) is 13.7. The zero-order valence-electron chi connectivity index (χ0n) is 13.7. The van der Waals surface area contributed by atoms with Gasteiger partial charge in [0.1, 0.15) is 5.76 Å². The number of methoxy groups -OCH3 is 1. The van der Waals surface area contributed by atoms with E-state index >= 15 is 0 Å². The minimum atomic E-state index is -0.425. The van der Waals surface area contributed by atoms with Crippen LogP contribution in [0, 0.1) is 0 Å². The van der Waals surface area contributed by atoms with E-state index in [2.05, 4.69) is 42.2 Å². The quantitative estimate of drug-likeness (QED) is 0.802. The first kappa shape index (κ1) is 16.0. The maximum absolute atomic E-state index is 11.4. The molecule has 0 aliphatic carbocycles. The summed E-state index contributed by atoms with van der Waals surface area (Å²) >= 11 is 0. The summed E-state index contributed by atoms with van der Waals surface area (Å²) in [4.78, 5) is 16.3. The van der Waals surface area contributed by atoms with Crippen LogP contribution >= 0.6 is 0 Å². The average Bonchev–Trinajstić information content (AvgIpc) is 2.94. The summed E-state index contributed by atoms with van der Waals surface area (Å²) in [5.74, 6) is 0.665. The zero-order chi connectivity index (χ0) is 15.6. The Morgan fingerprint density at radius 3 is 2.38 bits per heavy atom. The van der Waals surface area contributed by atoms with E-state index in [0.29, 0.717) is 0 Å². The SMILES string of the molecule is COC(=O)c1ccc(C(C)N2CCN(C(C)(C)C)CC2)o1. The van der Waals surface area contributed by atoms with Crippen molar-refractivity contribution in [3.05, 3.63) is 23.7 Å². The Balaban J connectivity index is 1.97. The molecular weight excluding hydrogens is 268 g/mol. The highest BCUT2D eigenvalue weighted by molar-refractivity contribution is 5.86. The van der Waals surface area contributed by atoms with Crippen molar-refractivity contribution in [2.24, 2.45) is 0 Å². The van der Waals surface area contributed by atoms with E-state index in [1.165, 1.54) is 7.11 Å². The van der Waals surface area contributed by atoms with Crippen LogP contribution < -0.4 is 0 Å². The van der Waals surface area contributed by atoms with Crippen molar-refractivity contribution in [3.63, 3.8) is 0 Å². The predicted octanol–water partition coefficient (Wildman–Crippen LogP) is 2.54. The molecule has 1 aliphatic heterocycles. The molecule has 5 heteroatoms. The Morgan fingerprint density at radius 2 is 1.86 bits per heavy atom. The van der Waals surface area contributed by atoms with Gasteiger partial charge in [-0.2, -0.15) is 0 Å². The van der Waals surface area contributed by atoms with Gasteiger partial charge in [-0.1, -0.05) is 0 Å². The molecule has 1 fully saturated rings. The molecule has 0 N–H and O–H groups in total. The van der Waals surface area contributed by atoms with Gasteiger partial charge in [0.15, 0.2) is 0 Å². The van der Waals surface area contributed by atoms with Crippen LogP contribution in [0.3, 0.4) is 0 Å². The summed E-state index contributed by atoms with van der Waals surface area (Å²) < 4.78 is 10.3. The molecule has 1 unspecified atom stereocenters. The Kier molecular flexibility index (Phi) is 4.74. The van der Waals surface area contributed by atoms with Gasteiger partial charge >= 0.3 is 5.97 Å². The molecule has 5 nitrogen and oxygen atoms in total. The molecule has 2 heterocycles. The van der Waals surface area contributed by atoms with Crippen LogP contribution in [0.4, 0.5) is 0 Å². The second kappa shape index (κ2) is 6.20. The van der Waals surface area contributed by atoms with Crippen LogP contribution in [0.5, 0.6) is 0 Å². The van der Waals surface area contributed by atoms with E-state index in [0.717, 1.165) is 31.9 Å². The van der Waals surface area contributed by atoms with Gasteiger partial charge in [-0.15, -0.1) is 0 Å². The molecule has 0 saturated carbocycles. The van der Waals surface area contributed by atoms with Gasteiger partial charge in [0.25, 0.3) is 0 Å². The molecule has 0 spiro atoms. The van der Waals surface area contributed by atoms with Gasteiger partial charge in [-0.25, -0.2) is 4.79 Å². The normalized spacial score (nSPS) is 19.5. The number of nitrogens with zero attached hydrogens (tertiary/aromatic N) is 2. The van der Waals surface area contributed by atoms with Crippen LogP contribution in [-0.2, 0) is 4.74 Å². The highest BCUT2D eigenvalue weighted by atomic mass is 16.5. The van der Waals surface area contributed by atoms with E-state index in [1.807, 2.05) is 6.07 Å². The molecule has 0 aromatic carbocycles. The van der Waals surface area contributed by atoms with Crippen LogP contribution in [0.2, 0.25) is 0 Å². The summed E-state index contributed by atoms with van der Waals surface area (Å²) in [6.07, 6.45) is 0. The monoisotopic (exact) mass is 294 g/mol. The summed E-state index contributed by atoms with van der Waals surface area (Å²) in [5, 5.41) is 0. The number of hydrogen-bond donors (Lipinski definition) is 0. The number of piperazine rings is 1. The van der Waals surface area contributed by atoms with Gasteiger partial charge in [-0.05, 0) is 39.8 Å². The summed E-state index contributed by atoms with van der Waals surface area (Å²) in [6.45, 7) is 13.0. The standard InChI is InChI=1S/C16H26N2O3/c1-12(13-6-7-14(21-13)15(19)20-5)17-8-10-18(11-9-17)16(2,3)4/h6-7,12H,8-11H2,1-5H3. The molecule has 2 rings (SSSR count). The van der Waals surface area contributed by atoms with Crippen LogP contribution in [0.25, 0.3) is 0 Å². The number of hydrogen-bond acceptors (Lipinski definition) is 5. The highest BCUT2D eigenvalue weighted by Crippen LogP contribution is 2.25. The second-order valence-electron chi connectivity index (χ2n) is 6.56. The molecule has 118 valence electrons. The summed E-state index contributed by atoms with van der Waals surface area (Å²) in [6, 6.07) is 3.72. The number of carbonyl (C=O) groups is 1. The molecule has 1 aliphatic rings. The van der Waals surface area contributed by atoms with E-state index < -0.39 is 5.97 Å². The molecule has 0 bridgehead atoms. The molecule has 0 radical (unpaired) electrons. The first-order chi connectivity index (χ1) is 9.82. The molecule has 21 heavy (non-hydrogen) atoms. The maximum atomic E-state index is 11.4. The van der Waals surface area contributed by atoms with Crippen molar-refractivity contribution >= 4 is 5.97 Å². The van der Waals surface area contributed by atoms with Gasteiger partial charge in [0.05, 0.1) is 13.2 Å². The average molecular weight is 294 g/mol. The molecule has 1 saturated heterocycles. The number of esters is 1. The van der Waals surface area contributed by atoms with Crippen molar-refractivity contribution in [3.8, 4) is 0 Å². The van der Waals surface area contributed by atoms with E-state index in [4.69, 9.17) is 4.42 Å². The molecule has 1 aromatic rings. The second-order valence-corrected chi connectivity index (χ2v) is 6.56. The third-order valence-corrected chi connectivity index (χ3v) is 4.24. The minimum absolute atomic E-state index is 0.172. The van der Waals surface area contributed by atoms with Gasteiger partial charge in [-0.3, -0.25) is 9.80 Å². The molecular formula is C16H26N2O3. The molecule has 1 aromatic heterocycles. The minimum Gasteiger partial charge on any atom is -0.463 e. The smallest absolute Gasteiger partial charge is 0.373 e. The number of rotatable bonds is 3. The fourth-order valence-electron chi connectivity index (χ4n) is 2.75. The van der Waals surface area contributed by atoms with Crippen molar-refractivity contribution in [1.29, 1.82) is 0 Å². The Morgan fingerprint density at radius 1 is 1.24 bits per heavy atom. The number of ether oxygens (including phenoxy) is 1. The van der Waals surface area contributed by atoms with Gasteiger partial charge in [0, 0.05) is 31.7 Å². The topological polar surface area (TPSA) is 45.9 Å². The maximum Gasteiger partial charge on any atom is 0.373 e. The van der Waals surface area contributed by atoms with E-state index in [-0.39, 0.29) is 17.3 Å². The third kappa shape index (κ3) is 3.66. The highest BCUT2D eigenvalue weighted by Gasteiger charge is 2.29. The lowest BCUT2D eigenvalue weighted by Crippen LogP contribution is -2.53. The Labute approximate surface area is 126 Å². The van der Waals surface area contributed by atoms with Crippen molar-refractivity contribution < 1.29 is 13.9 Å². The number of carbonyl (C=O) groups excluding carboxylic acids is 1. The lowest BCUT2D eigenvalue weighted by atomic mass is 10.0. The summed E-state index contributed by atoms with van der Waals surface area (Å²) in [5.41, 5.74) is 0.220. The largest absolute Gasteiger partial charge is 0.463 e. The van der Waals surface area contributed by atoms with Crippen LogP contribution in [0.1, 0.15) is 50.1 Å². The Bertz CT molecular complexity index is 482. The number of furan rings is 1. The van der Waals surface area contributed by atoms with E-state index in [1.54, 1.807) is 6.07 Å². The third-order valence-electron chi connectivity index (χ3n) is 4.24. The van der Waals surface area contributed by atoms with Gasteiger partial charge in [0.2, 0.25) is 5.76 Å². The molecule has 0 amide bonds. The molecule has 1 atom stereocenters. The first-order valence-electron chi connectivity index (χ1n) is 7.50.